The van der Waals surface area contributed by atoms with Crippen molar-refractivity contribution in [2.75, 3.05) is 85.6 Å². The van der Waals surface area contributed by atoms with Crippen molar-refractivity contribution in [1.29, 1.82) is 0 Å². The molecule has 64 heavy (non-hydrogen) atoms. The second kappa shape index (κ2) is 43.1. The Kier molecular flexibility index (Phi) is 40.6. The molecule has 10 N–H and O–H groups in total. The lowest BCUT2D eigenvalue weighted by Gasteiger charge is -2.17. The van der Waals surface area contributed by atoms with Crippen molar-refractivity contribution in [3.63, 3.8) is 0 Å². The average molecular weight is 916 g/mol. The predicted molar refractivity (Wildman–Crippen MR) is 240 cm³/mol. The molecular formula is C44H81N7O13. The van der Waals surface area contributed by atoms with Crippen molar-refractivity contribution in [2.45, 2.75) is 147 Å². The van der Waals surface area contributed by atoms with Gasteiger partial charge in [-0.15, -0.1) is 0 Å². The summed E-state index contributed by atoms with van der Waals surface area (Å²) in [7, 11) is 5.46. The fourth-order valence-corrected chi connectivity index (χ4v) is 6.23. The number of ether oxygens (including phenoxy) is 4. The number of rotatable bonds is 47. The van der Waals surface area contributed by atoms with Crippen LogP contribution in [0, 0.1) is 7.05 Å². The van der Waals surface area contributed by atoms with Crippen LogP contribution in [0.3, 0.4) is 0 Å². The Morgan fingerprint density at radius 3 is 1.55 bits per heavy atom. The number of carbonyl (C=O) groups excluding carboxylic acids is 6. The second-order valence-electron chi connectivity index (χ2n) is 15.6. The van der Waals surface area contributed by atoms with E-state index in [0.29, 0.717) is 32.2 Å². The third kappa shape index (κ3) is 37.6. The van der Waals surface area contributed by atoms with Crippen LogP contribution >= 0.6 is 0 Å². The second-order valence-corrected chi connectivity index (χ2v) is 15.6. The van der Waals surface area contributed by atoms with E-state index < -0.39 is 36.6 Å². The van der Waals surface area contributed by atoms with Gasteiger partial charge in [0.05, 0.1) is 58.8 Å². The van der Waals surface area contributed by atoms with Gasteiger partial charge >= 0.3 is 5.97 Å². The molecule has 0 fully saturated rings. The number of amides is 5. The Labute approximate surface area is 380 Å². The quantitative estimate of drug-likeness (QED) is 0.0305. The number of primary amides is 1. The zero-order chi connectivity index (χ0) is 47.5. The molecule has 0 aromatic carbocycles. The molecule has 5 amide bonds. The Hall–Kier alpha value is -3.79. The van der Waals surface area contributed by atoms with Gasteiger partial charge < -0.3 is 61.5 Å². The maximum Gasteiger partial charge on any atom is 0.326 e. The fraction of sp³-hybridized carbons (Fsp3) is 0.818. The van der Waals surface area contributed by atoms with Crippen molar-refractivity contribution < 1.29 is 62.7 Å². The van der Waals surface area contributed by atoms with Crippen LogP contribution in [-0.2, 0) is 52.5 Å². The number of hydrogen-bond donors (Lipinski definition) is 9. The highest BCUT2D eigenvalue weighted by Crippen LogP contribution is 2.13. The molecule has 20 heteroatoms. The van der Waals surface area contributed by atoms with Crippen molar-refractivity contribution >= 4 is 41.3 Å². The molecule has 0 saturated heterocycles. The smallest absolute Gasteiger partial charge is 0.326 e. The summed E-state index contributed by atoms with van der Waals surface area (Å²) in [4.78, 5) is 83.5. The topological polar surface area (TPSA) is 295 Å². The number of unbranched alkanes of at least 4 members (excludes halogenated alkanes) is 13. The van der Waals surface area contributed by atoms with Crippen molar-refractivity contribution in [3.05, 3.63) is 7.05 Å². The molecule has 3 atom stereocenters. The molecule has 0 aromatic heterocycles. The molecule has 0 aliphatic heterocycles. The van der Waals surface area contributed by atoms with Gasteiger partial charge in [0.2, 0.25) is 29.5 Å². The largest absolute Gasteiger partial charge is 0.480 e. The van der Waals surface area contributed by atoms with E-state index in [9.17, 15) is 38.7 Å². The van der Waals surface area contributed by atoms with Gasteiger partial charge in [-0.2, -0.15) is 0 Å². The van der Waals surface area contributed by atoms with Gasteiger partial charge in [-0.25, -0.2) is 4.79 Å². The first kappa shape index (κ1) is 60.2. The van der Waals surface area contributed by atoms with Crippen LogP contribution in [-0.4, -0.2) is 155 Å². The lowest BCUT2D eigenvalue weighted by molar-refractivity contribution is -0.142. The van der Waals surface area contributed by atoms with E-state index >= 15 is 0 Å². The van der Waals surface area contributed by atoms with E-state index in [2.05, 4.69) is 38.8 Å². The summed E-state index contributed by atoms with van der Waals surface area (Å²) in [5.41, 5.74) is 5.12. The minimum atomic E-state index is -1.18. The molecule has 0 heterocycles. The van der Waals surface area contributed by atoms with Crippen molar-refractivity contribution in [3.8, 4) is 0 Å². The highest BCUT2D eigenvalue weighted by atomic mass is 16.5. The van der Waals surface area contributed by atoms with E-state index in [1.807, 2.05) is 0 Å². The number of Topliss-reactive ketones (excluding diaryl/α,β-unsaturated/α-hetero) is 1. The summed E-state index contributed by atoms with van der Waals surface area (Å²) in [6.07, 6.45) is 17.3. The molecule has 0 aliphatic carbocycles. The Morgan fingerprint density at radius 2 is 1.05 bits per heavy atom. The van der Waals surface area contributed by atoms with Gasteiger partial charge in [0, 0.05) is 39.5 Å². The molecule has 0 aliphatic rings. The van der Waals surface area contributed by atoms with E-state index in [4.69, 9.17) is 36.8 Å². The third-order valence-corrected chi connectivity index (χ3v) is 10.0. The van der Waals surface area contributed by atoms with E-state index in [-0.39, 0.29) is 121 Å². The number of aliphatic hydroxyl groups excluding tert-OH is 1. The highest BCUT2D eigenvalue weighted by Gasteiger charge is 2.21. The maximum absolute atomic E-state index is 12.3. The van der Waals surface area contributed by atoms with Crippen LogP contribution in [0.2, 0.25) is 0 Å². The standard InChI is InChI=1S/C44H81N7O13/c1-3-4-5-6-7-8-9-10-11-12-13-14-15-19-40(55)51-36(44(59)60)20-21-39(54)48-23-25-61-27-30-64-34-42(57)49-24-26-62-28-29-63-33-41(56)47-22-17-16-18-35(46-2)38(53)31-50-37(32-52)43(45)58/h2,35-37,46,50,52H,3-34H2,1H3,(H2,45,58)(H,47,56)(H,48,54)(H,49,57)(H,51,55)(H,59,60)/t35-,36?,37?/m0/s1. The molecule has 370 valence electrons. The zero-order valence-electron chi connectivity index (χ0n) is 38.4. The number of hydrogen-bond acceptors (Lipinski definition) is 14. The van der Waals surface area contributed by atoms with Crippen LogP contribution in [0.25, 0.3) is 0 Å². The van der Waals surface area contributed by atoms with Crippen LogP contribution in [0.1, 0.15) is 129 Å². The van der Waals surface area contributed by atoms with E-state index in [1.54, 1.807) is 0 Å². The number of aliphatic hydroxyl groups is 1. The number of carbonyl (C=O) groups is 7. The number of aliphatic carboxylic acids is 1. The lowest BCUT2D eigenvalue weighted by atomic mass is 10.0. The summed E-state index contributed by atoms with van der Waals surface area (Å²) in [6, 6.07) is -2.82. The van der Waals surface area contributed by atoms with Crippen molar-refractivity contribution in [1.82, 2.24) is 31.9 Å². The van der Waals surface area contributed by atoms with E-state index in [0.717, 1.165) is 19.3 Å². The fourth-order valence-electron chi connectivity index (χ4n) is 6.23. The van der Waals surface area contributed by atoms with Gasteiger partial charge in [0.1, 0.15) is 25.3 Å². The van der Waals surface area contributed by atoms with Gasteiger partial charge in [-0.3, -0.25) is 34.1 Å². The average Bonchev–Trinajstić information content (AvgIpc) is 3.26. The highest BCUT2D eigenvalue weighted by molar-refractivity contribution is 5.87. The summed E-state index contributed by atoms with van der Waals surface area (Å²) in [6.45, 7) is 3.16. The first-order valence-electron chi connectivity index (χ1n) is 23.2. The Morgan fingerprint density at radius 1 is 0.547 bits per heavy atom. The minimum Gasteiger partial charge on any atom is -0.480 e. The van der Waals surface area contributed by atoms with Gasteiger partial charge in [-0.05, 0) is 32.1 Å². The molecule has 2 unspecified atom stereocenters. The van der Waals surface area contributed by atoms with Crippen LogP contribution in [0.15, 0.2) is 0 Å². The van der Waals surface area contributed by atoms with Gasteiger partial charge in [0.25, 0.3) is 0 Å². The minimum absolute atomic E-state index is 0.0205. The maximum atomic E-state index is 12.3. The summed E-state index contributed by atoms with van der Waals surface area (Å²) < 4.78 is 21.3. The summed E-state index contributed by atoms with van der Waals surface area (Å²) in [5.74, 6) is -3.56. The number of carboxylic acid groups (broad SMARTS) is 1. The van der Waals surface area contributed by atoms with E-state index in [1.165, 1.54) is 57.8 Å². The Bertz CT molecular complexity index is 1260. The zero-order valence-corrected chi connectivity index (χ0v) is 38.4. The SMILES string of the molecule is [CH]N[C@@H](CCCCNC(=O)COCCOCCNC(=O)COCCOCCNC(=O)CCC(NC(=O)CCCCCCCCCCCCCCC)C(=O)O)C(=O)CNC(CO)C(N)=O. The van der Waals surface area contributed by atoms with Crippen LogP contribution in [0.4, 0.5) is 0 Å². The number of nitrogens with one attached hydrogen (secondary N) is 6. The first-order valence-corrected chi connectivity index (χ1v) is 23.2. The summed E-state index contributed by atoms with van der Waals surface area (Å²) >= 11 is 0. The Balaban J connectivity index is 3.72. The lowest BCUT2D eigenvalue weighted by Crippen LogP contribution is -2.48. The normalized spacial score (nSPS) is 12.5. The monoisotopic (exact) mass is 916 g/mol. The number of carboxylic acids is 1. The number of nitrogens with two attached hydrogens (primary N) is 1. The van der Waals surface area contributed by atoms with Crippen molar-refractivity contribution in [2.24, 2.45) is 5.73 Å². The molecule has 20 nitrogen and oxygen atoms in total. The molecule has 0 saturated carbocycles. The summed E-state index contributed by atoms with van der Waals surface area (Å²) in [5, 5.41) is 34.2. The third-order valence-electron chi connectivity index (χ3n) is 10.0. The first-order chi connectivity index (χ1) is 30.9. The molecule has 0 aromatic rings. The molecule has 0 bridgehead atoms. The number of ketones is 1. The van der Waals surface area contributed by atoms with Crippen LogP contribution < -0.4 is 37.6 Å². The van der Waals surface area contributed by atoms with Gasteiger partial charge in [-0.1, -0.05) is 84.0 Å². The predicted octanol–water partition coefficient (Wildman–Crippen LogP) is 1.03. The molecular weight excluding hydrogens is 835 g/mol. The molecule has 2 radical (unpaired) electrons. The molecule has 0 rings (SSSR count). The molecule has 0 spiro atoms. The van der Waals surface area contributed by atoms with Gasteiger partial charge in [0.15, 0.2) is 5.78 Å². The van der Waals surface area contributed by atoms with Crippen LogP contribution in [0.5, 0.6) is 0 Å².